The zero-order valence-electron chi connectivity index (χ0n) is 25.5. The van der Waals surface area contributed by atoms with Crippen molar-refractivity contribution in [3.05, 3.63) is 49.6 Å². The zero-order valence-corrected chi connectivity index (χ0v) is 26.4. The van der Waals surface area contributed by atoms with Gasteiger partial charge >= 0.3 is 0 Å². The summed E-state index contributed by atoms with van der Waals surface area (Å²) in [6, 6.07) is 6.74. The normalized spacial score (nSPS) is 27.7. The molecular formula is C33H47N3O5S. The van der Waals surface area contributed by atoms with Crippen molar-refractivity contribution < 1.29 is 24.2 Å². The summed E-state index contributed by atoms with van der Waals surface area (Å²) >= 11 is 1.70. The summed E-state index contributed by atoms with van der Waals surface area (Å²) in [6.45, 7) is 17.6. The first kappa shape index (κ1) is 32.1. The number of hydrogen-bond donors (Lipinski definition) is 1. The summed E-state index contributed by atoms with van der Waals surface area (Å²) in [4.78, 5) is 48.7. The molecule has 0 aliphatic carbocycles. The fraction of sp³-hybridized carbons (Fsp3) is 0.606. The number of carbonyl (C=O) groups is 3. The molecule has 2 bridgehead atoms. The van der Waals surface area contributed by atoms with E-state index in [0.29, 0.717) is 39.1 Å². The van der Waals surface area contributed by atoms with E-state index in [2.05, 4.69) is 20.1 Å². The number of rotatable bonds is 15. The Kier molecular flexibility index (Phi) is 10.5. The Morgan fingerprint density at radius 1 is 1.14 bits per heavy atom. The van der Waals surface area contributed by atoms with E-state index in [0.717, 1.165) is 24.3 Å². The Hall–Kier alpha value is -2.78. The topological polar surface area (TPSA) is 90.4 Å². The second kappa shape index (κ2) is 13.7. The summed E-state index contributed by atoms with van der Waals surface area (Å²) in [5.74, 6) is -0.538. The second-order valence-electron chi connectivity index (χ2n) is 11.9. The number of hydrogen-bond acceptors (Lipinski definition) is 6. The third-order valence-electron chi connectivity index (χ3n) is 9.09. The third-order valence-corrected chi connectivity index (χ3v) is 11.2. The molecule has 1 spiro atoms. The molecule has 6 atom stereocenters. The highest BCUT2D eigenvalue weighted by molar-refractivity contribution is 8.02. The molecule has 0 aromatic heterocycles. The molecule has 4 rings (SSSR count). The number of likely N-dealkylation sites (tertiary alicyclic amines) is 1. The predicted octanol–water partition coefficient (Wildman–Crippen LogP) is 4.53. The highest BCUT2D eigenvalue weighted by Gasteiger charge is 2.76. The standard InChI is InChI=1S/C33H47N3O5S/c1-7-17-34(22(4)5)32(40)29-33-23(6)21-26(42-33)27(28(33)31(39)36(29)19-11-10-12-20-37)30(38)35(18-8-2)24-13-15-25(16-14-24)41-9-3/h7-8,13-16,22-23,26-29,37H,1-2,9-12,17-21H2,3-6H3/t23?,26-,27+,28+,29?,33?/m1/s1. The Morgan fingerprint density at radius 2 is 1.83 bits per heavy atom. The maximum Gasteiger partial charge on any atom is 0.247 e. The maximum absolute atomic E-state index is 14.5. The van der Waals surface area contributed by atoms with Crippen molar-refractivity contribution in [1.82, 2.24) is 9.80 Å². The van der Waals surface area contributed by atoms with E-state index < -0.39 is 22.6 Å². The molecule has 1 aromatic rings. The number of nitrogens with zero attached hydrogens (tertiary/aromatic N) is 3. The number of unbranched alkanes of at least 4 members (excludes halogenated alkanes) is 2. The highest BCUT2D eigenvalue weighted by Crippen LogP contribution is 2.69. The van der Waals surface area contributed by atoms with Gasteiger partial charge in [0.05, 0.1) is 23.2 Å². The van der Waals surface area contributed by atoms with E-state index in [4.69, 9.17) is 4.74 Å². The largest absolute Gasteiger partial charge is 0.494 e. The number of carbonyl (C=O) groups excluding carboxylic acids is 3. The molecule has 3 heterocycles. The number of thioether (sulfide) groups is 1. The minimum absolute atomic E-state index is 0.0461. The molecule has 3 fully saturated rings. The Bertz CT molecular complexity index is 1160. The molecule has 9 heteroatoms. The third kappa shape index (κ3) is 5.62. The molecule has 42 heavy (non-hydrogen) atoms. The molecule has 8 nitrogen and oxygen atoms in total. The minimum Gasteiger partial charge on any atom is -0.494 e. The van der Waals surface area contributed by atoms with Gasteiger partial charge in [0.1, 0.15) is 11.8 Å². The lowest BCUT2D eigenvalue weighted by molar-refractivity contribution is -0.143. The lowest BCUT2D eigenvalue weighted by atomic mass is 9.65. The van der Waals surface area contributed by atoms with Crippen molar-refractivity contribution in [1.29, 1.82) is 0 Å². The molecule has 1 aromatic carbocycles. The minimum atomic E-state index is -0.677. The lowest BCUT2D eigenvalue weighted by Gasteiger charge is -2.41. The monoisotopic (exact) mass is 597 g/mol. The van der Waals surface area contributed by atoms with Gasteiger partial charge in [-0.1, -0.05) is 19.1 Å². The van der Waals surface area contributed by atoms with Crippen LogP contribution in [0.15, 0.2) is 49.6 Å². The number of ether oxygens (including phenoxy) is 1. The van der Waals surface area contributed by atoms with Crippen molar-refractivity contribution >= 4 is 35.2 Å². The van der Waals surface area contributed by atoms with Crippen LogP contribution in [0.1, 0.15) is 53.4 Å². The second-order valence-corrected chi connectivity index (χ2v) is 13.5. The molecule has 0 radical (unpaired) electrons. The van der Waals surface area contributed by atoms with E-state index in [9.17, 15) is 19.5 Å². The molecule has 0 saturated carbocycles. The van der Waals surface area contributed by atoms with Crippen molar-refractivity contribution in [3.8, 4) is 5.75 Å². The zero-order chi connectivity index (χ0) is 30.6. The van der Waals surface area contributed by atoms with Gasteiger partial charge in [0.25, 0.3) is 0 Å². The van der Waals surface area contributed by atoms with E-state index in [1.807, 2.05) is 49.9 Å². The summed E-state index contributed by atoms with van der Waals surface area (Å²) < 4.78 is 4.92. The van der Waals surface area contributed by atoms with Crippen molar-refractivity contribution in [2.24, 2.45) is 17.8 Å². The average Bonchev–Trinajstić information content (AvgIpc) is 3.56. The van der Waals surface area contributed by atoms with Crippen LogP contribution >= 0.6 is 11.8 Å². The molecular weight excluding hydrogens is 550 g/mol. The first-order valence-electron chi connectivity index (χ1n) is 15.3. The van der Waals surface area contributed by atoms with Gasteiger partial charge in [-0.15, -0.1) is 24.9 Å². The number of aliphatic hydroxyl groups excluding tert-OH is 1. The van der Waals surface area contributed by atoms with Gasteiger partial charge in [0.15, 0.2) is 0 Å². The summed E-state index contributed by atoms with van der Waals surface area (Å²) in [7, 11) is 0. The van der Waals surface area contributed by atoms with Gasteiger partial charge in [-0.3, -0.25) is 14.4 Å². The van der Waals surface area contributed by atoms with Gasteiger partial charge < -0.3 is 24.5 Å². The van der Waals surface area contributed by atoms with E-state index in [-0.39, 0.29) is 41.5 Å². The van der Waals surface area contributed by atoms with Crippen molar-refractivity contribution in [2.75, 3.05) is 37.7 Å². The molecule has 230 valence electrons. The van der Waals surface area contributed by atoms with Gasteiger partial charge in [0.2, 0.25) is 17.7 Å². The number of amides is 3. The molecule has 1 N–H and O–H groups in total. The molecule has 3 unspecified atom stereocenters. The van der Waals surface area contributed by atoms with Crippen LogP contribution in [0, 0.1) is 17.8 Å². The van der Waals surface area contributed by atoms with Gasteiger partial charge in [-0.2, -0.15) is 0 Å². The van der Waals surface area contributed by atoms with Gasteiger partial charge in [-0.25, -0.2) is 0 Å². The Labute approximate surface area is 255 Å². The van der Waals surface area contributed by atoms with Crippen LogP contribution in [0.2, 0.25) is 0 Å². The number of anilines is 1. The molecule has 3 saturated heterocycles. The first-order chi connectivity index (χ1) is 20.2. The van der Waals surface area contributed by atoms with Crippen LogP contribution in [-0.4, -0.2) is 87.6 Å². The molecule has 3 amide bonds. The number of aliphatic hydroxyl groups is 1. The van der Waals surface area contributed by atoms with E-state index in [1.54, 1.807) is 33.7 Å². The van der Waals surface area contributed by atoms with Crippen LogP contribution in [0.4, 0.5) is 5.69 Å². The summed E-state index contributed by atoms with van der Waals surface area (Å²) in [6.07, 6.45) is 6.32. The van der Waals surface area contributed by atoms with Gasteiger partial charge in [0, 0.05) is 43.2 Å². The Morgan fingerprint density at radius 3 is 2.43 bits per heavy atom. The maximum atomic E-state index is 14.5. The van der Waals surface area contributed by atoms with Crippen LogP contribution < -0.4 is 9.64 Å². The van der Waals surface area contributed by atoms with Crippen LogP contribution in [0.3, 0.4) is 0 Å². The SMILES string of the molecule is C=CCN(C(=O)[C@@H]1[C@H]2C(=O)N(CCCCCO)C(C(=O)N(CC=C)C(C)C)C23S[C@@H]1CC3C)c1ccc(OCC)cc1. The summed E-state index contributed by atoms with van der Waals surface area (Å²) in [5, 5.41) is 9.27. The fourth-order valence-electron chi connectivity index (χ4n) is 7.26. The lowest BCUT2D eigenvalue weighted by Crippen LogP contribution is -2.58. The Balaban J connectivity index is 1.74. The molecule has 3 aliphatic heterocycles. The quantitative estimate of drug-likeness (QED) is 0.236. The van der Waals surface area contributed by atoms with Crippen LogP contribution in [0.5, 0.6) is 5.75 Å². The fourth-order valence-corrected chi connectivity index (χ4v) is 9.67. The average molecular weight is 598 g/mol. The number of benzene rings is 1. The first-order valence-corrected chi connectivity index (χ1v) is 16.2. The molecule has 3 aliphatic rings. The van der Waals surface area contributed by atoms with Gasteiger partial charge in [-0.05, 0) is 76.6 Å². The van der Waals surface area contributed by atoms with Crippen LogP contribution in [-0.2, 0) is 14.4 Å². The van der Waals surface area contributed by atoms with Crippen LogP contribution in [0.25, 0.3) is 0 Å². The van der Waals surface area contributed by atoms with Crippen molar-refractivity contribution in [3.63, 3.8) is 0 Å². The predicted molar refractivity (Wildman–Crippen MR) is 169 cm³/mol. The highest BCUT2D eigenvalue weighted by atomic mass is 32.2. The smallest absolute Gasteiger partial charge is 0.247 e. The summed E-state index contributed by atoms with van der Waals surface area (Å²) in [5.41, 5.74) is 0.731. The van der Waals surface area contributed by atoms with Crippen molar-refractivity contribution in [2.45, 2.75) is 75.5 Å². The van der Waals surface area contributed by atoms with E-state index >= 15 is 0 Å². The van der Waals surface area contributed by atoms with E-state index in [1.165, 1.54) is 0 Å². The number of fused-ring (bicyclic) bond motifs is 1.